The van der Waals surface area contributed by atoms with Crippen LogP contribution in [0.5, 0.6) is 11.5 Å². The van der Waals surface area contributed by atoms with Crippen LogP contribution in [0.1, 0.15) is 17.5 Å². The van der Waals surface area contributed by atoms with Crippen LogP contribution in [0.3, 0.4) is 0 Å². The highest BCUT2D eigenvalue weighted by molar-refractivity contribution is 6.00. The van der Waals surface area contributed by atoms with Crippen molar-refractivity contribution in [3.8, 4) is 11.5 Å². The third-order valence-corrected chi connectivity index (χ3v) is 5.55. The molecule has 1 spiro atoms. The van der Waals surface area contributed by atoms with E-state index in [1.165, 1.54) is 0 Å². The van der Waals surface area contributed by atoms with E-state index in [0.717, 1.165) is 17.5 Å². The fraction of sp³-hybridized carbons (Fsp3) is 0.400. The fourth-order valence-electron chi connectivity index (χ4n) is 4.25. The van der Waals surface area contributed by atoms with Gasteiger partial charge in [-0.1, -0.05) is 12.2 Å². The lowest BCUT2D eigenvalue weighted by Crippen LogP contribution is -2.28. The molecule has 0 radical (unpaired) electrons. The molecule has 1 aromatic rings. The summed E-state index contributed by atoms with van der Waals surface area (Å²) in [6.07, 6.45) is 8.45. The summed E-state index contributed by atoms with van der Waals surface area (Å²) in [6.45, 7) is 0.434. The number of allylic oxidation sites excluding steroid dienone is 4. The van der Waals surface area contributed by atoms with Gasteiger partial charge in [-0.25, -0.2) is 0 Å². The van der Waals surface area contributed by atoms with E-state index in [2.05, 4.69) is 0 Å². The van der Waals surface area contributed by atoms with Gasteiger partial charge < -0.3 is 14.2 Å². The Morgan fingerprint density at radius 1 is 1.08 bits per heavy atom. The third-order valence-electron chi connectivity index (χ3n) is 5.55. The SMILES string of the molecule is COc1cc2c(cc1OC)C1(C=CC(=O)C=C1)C[C@H]1COC(=O)[C@@H]1C2. The molecule has 130 valence electrons. The first-order chi connectivity index (χ1) is 12.1. The molecule has 4 rings (SSSR count). The number of hydrogen-bond acceptors (Lipinski definition) is 5. The number of hydrogen-bond donors (Lipinski definition) is 0. The van der Waals surface area contributed by atoms with E-state index in [1.54, 1.807) is 26.4 Å². The Hall–Kier alpha value is -2.56. The Morgan fingerprint density at radius 2 is 1.76 bits per heavy atom. The molecule has 1 aliphatic heterocycles. The standard InChI is InChI=1S/C20H20O5/c1-23-17-8-12-7-15-13(11-25-19(15)22)10-20(5-3-14(21)4-6-20)16(12)9-18(17)24-2/h3-6,8-9,13,15H,7,10-11H2,1-2H3/t13-,15+/m0/s1. The van der Waals surface area contributed by atoms with Gasteiger partial charge in [0.1, 0.15) is 0 Å². The van der Waals surface area contributed by atoms with E-state index in [4.69, 9.17) is 14.2 Å². The minimum atomic E-state index is -0.434. The lowest BCUT2D eigenvalue weighted by molar-refractivity contribution is -0.141. The first kappa shape index (κ1) is 15.9. The van der Waals surface area contributed by atoms with Crippen molar-refractivity contribution in [2.75, 3.05) is 20.8 Å². The Kier molecular flexibility index (Phi) is 3.67. The number of methoxy groups -OCH3 is 2. The summed E-state index contributed by atoms with van der Waals surface area (Å²) in [4.78, 5) is 23.9. The summed E-state index contributed by atoms with van der Waals surface area (Å²) in [6, 6.07) is 3.92. The molecule has 1 saturated heterocycles. The Bertz CT molecular complexity index is 789. The monoisotopic (exact) mass is 340 g/mol. The van der Waals surface area contributed by atoms with Crippen LogP contribution in [0.2, 0.25) is 0 Å². The van der Waals surface area contributed by atoms with Gasteiger partial charge in [0.15, 0.2) is 17.3 Å². The van der Waals surface area contributed by atoms with Gasteiger partial charge in [0, 0.05) is 11.3 Å². The molecule has 1 aromatic carbocycles. The maximum Gasteiger partial charge on any atom is 0.309 e. The number of benzene rings is 1. The van der Waals surface area contributed by atoms with Crippen LogP contribution >= 0.6 is 0 Å². The zero-order chi connectivity index (χ0) is 17.6. The zero-order valence-electron chi connectivity index (χ0n) is 14.3. The van der Waals surface area contributed by atoms with E-state index in [-0.39, 0.29) is 23.6 Å². The average molecular weight is 340 g/mol. The van der Waals surface area contributed by atoms with Crippen molar-refractivity contribution >= 4 is 11.8 Å². The summed E-state index contributed by atoms with van der Waals surface area (Å²) >= 11 is 0. The van der Waals surface area contributed by atoms with Gasteiger partial charge in [-0.3, -0.25) is 9.59 Å². The largest absolute Gasteiger partial charge is 0.493 e. The number of cyclic esters (lactones) is 1. The van der Waals surface area contributed by atoms with Crippen LogP contribution in [0, 0.1) is 11.8 Å². The van der Waals surface area contributed by atoms with Crippen molar-refractivity contribution in [1.82, 2.24) is 0 Å². The molecule has 0 aromatic heterocycles. The second-order valence-electron chi connectivity index (χ2n) is 6.88. The summed E-state index contributed by atoms with van der Waals surface area (Å²) in [7, 11) is 3.21. The molecule has 1 heterocycles. The van der Waals surface area contributed by atoms with Crippen LogP contribution in [0.15, 0.2) is 36.4 Å². The normalized spacial score (nSPS) is 26.0. The molecule has 5 heteroatoms. The number of ether oxygens (including phenoxy) is 3. The lowest BCUT2D eigenvalue weighted by Gasteiger charge is -2.32. The summed E-state index contributed by atoms with van der Waals surface area (Å²) < 4.78 is 16.2. The van der Waals surface area contributed by atoms with Gasteiger partial charge in [0.05, 0.1) is 26.7 Å². The van der Waals surface area contributed by atoms with Crippen LogP contribution in [0.25, 0.3) is 0 Å². The van der Waals surface area contributed by atoms with Crippen molar-refractivity contribution in [2.45, 2.75) is 18.3 Å². The smallest absolute Gasteiger partial charge is 0.309 e. The lowest BCUT2D eigenvalue weighted by atomic mass is 9.71. The van der Waals surface area contributed by atoms with E-state index < -0.39 is 5.41 Å². The maximum atomic E-state index is 12.2. The summed E-state index contributed by atoms with van der Waals surface area (Å²) in [5.41, 5.74) is 1.66. The van der Waals surface area contributed by atoms with Crippen LogP contribution in [-0.2, 0) is 26.2 Å². The molecule has 0 unspecified atom stereocenters. The first-order valence-electron chi connectivity index (χ1n) is 8.41. The molecule has 0 saturated carbocycles. The topological polar surface area (TPSA) is 61.8 Å². The van der Waals surface area contributed by atoms with Crippen molar-refractivity contribution < 1.29 is 23.8 Å². The predicted octanol–water partition coefficient (Wildman–Crippen LogP) is 2.37. The number of esters is 1. The van der Waals surface area contributed by atoms with Gasteiger partial charge in [0.25, 0.3) is 0 Å². The third kappa shape index (κ3) is 2.46. The van der Waals surface area contributed by atoms with Crippen LogP contribution in [0.4, 0.5) is 0 Å². The number of fused-ring (bicyclic) bond motifs is 3. The summed E-state index contributed by atoms with van der Waals surface area (Å²) in [5, 5.41) is 0. The Balaban J connectivity index is 1.92. The quantitative estimate of drug-likeness (QED) is 0.774. The van der Waals surface area contributed by atoms with Crippen molar-refractivity contribution in [1.29, 1.82) is 0 Å². The second kappa shape index (κ2) is 5.76. The molecule has 0 bridgehead atoms. The zero-order valence-corrected chi connectivity index (χ0v) is 14.3. The average Bonchev–Trinajstić information content (AvgIpc) is 2.89. The number of carbonyl (C=O) groups excluding carboxylic acids is 2. The number of ketones is 1. The molecule has 3 aliphatic rings. The maximum absolute atomic E-state index is 12.2. The molecule has 2 aliphatic carbocycles. The van der Waals surface area contributed by atoms with Crippen molar-refractivity contribution in [3.63, 3.8) is 0 Å². The van der Waals surface area contributed by atoms with Gasteiger partial charge >= 0.3 is 5.97 Å². The molecule has 0 N–H and O–H groups in total. The van der Waals surface area contributed by atoms with E-state index in [0.29, 0.717) is 24.5 Å². The van der Waals surface area contributed by atoms with E-state index in [1.807, 2.05) is 24.3 Å². The van der Waals surface area contributed by atoms with Gasteiger partial charge in [-0.05, 0) is 48.3 Å². The molecule has 0 amide bonds. The minimum Gasteiger partial charge on any atom is -0.493 e. The van der Waals surface area contributed by atoms with Gasteiger partial charge in [-0.2, -0.15) is 0 Å². The first-order valence-corrected chi connectivity index (χ1v) is 8.41. The molecule has 5 nitrogen and oxygen atoms in total. The minimum absolute atomic E-state index is 0.0211. The van der Waals surface area contributed by atoms with Gasteiger partial charge in [-0.15, -0.1) is 0 Å². The Morgan fingerprint density at radius 3 is 2.44 bits per heavy atom. The number of carbonyl (C=O) groups is 2. The molecule has 2 atom stereocenters. The highest BCUT2D eigenvalue weighted by Gasteiger charge is 2.46. The van der Waals surface area contributed by atoms with Gasteiger partial charge in [0.2, 0.25) is 0 Å². The molecular weight excluding hydrogens is 320 g/mol. The fourth-order valence-corrected chi connectivity index (χ4v) is 4.25. The van der Waals surface area contributed by atoms with Crippen LogP contribution in [-0.4, -0.2) is 32.6 Å². The van der Waals surface area contributed by atoms with Crippen molar-refractivity contribution in [2.24, 2.45) is 11.8 Å². The summed E-state index contributed by atoms with van der Waals surface area (Å²) in [5.74, 6) is 1.10. The Labute approximate surface area is 146 Å². The van der Waals surface area contributed by atoms with E-state index >= 15 is 0 Å². The number of rotatable bonds is 2. The highest BCUT2D eigenvalue weighted by Crippen LogP contribution is 2.48. The molecular formula is C20H20O5. The van der Waals surface area contributed by atoms with E-state index in [9.17, 15) is 9.59 Å². The molecule has 1 fully saturated rings. The molecule has 25 heavy (non-hydrogen) atoms. The predicted molar refractivity (Wildman–Crippen MR) is 90.8 cm³/mol. The van der Waals surface area contributed by atoms with Crippen molar-refractivity contribution in [3.05, 3.63) is 47.6 Å². The van der Waals surface area contributed by atoms with Crippen LogP contribution < -0.4 is 9.47 Å². The highest BCUT2D eigenvalue weighted by atomic mass is 16.5. The second-order valence-corrected chi connectivity index (χ2v) is 6.88.